The predicted molar refractivity (Wildman–Crippen MR) is 107 cm³/mol. The van der Waals surface area contributed by atoms with Gasteiger partial charge in [0.1, 0.15) is 0 Å². The van der Waals surface area contributed by atoms with E-state index in [2.05, 4.69) is 20.4 Å². The molecule has 0 atom stereocenters. The van der Waals surface area contributed by atoms with Crippen molar-refractivity contribution in [3.8, 4) is 0 Å². The first-order valence-corrected chi connectivity index (χ1v) is 8.55. The zero-order chi connectivity index (χ0) is 18.2. The third-order valence-corrected chi connectivity index (χ3v) is 0.662. The van der Waals surface area contributed by atoms with E-state index in [9.17, 15) is 0 Å². The highest BCUT2D eigenvalue weighted by atomic mass is 13.5. The minimum atomic E-state index is 1.25. The van der Waals surface area contributed by atoms with Crippen LogP contribution in [-0.2, 0) is 0 Å². The molecule has 0 bridgehead atoms. The molecular weight excluding hydrogens is 240 g/mol. The van der Waals surface area contributed by atoms with Gasteiger partial charge >= 0.3 is 0 Å². The Morgan fingerprint density at radius 1 is 0.600 bits per heavy atom. The molecule has 0 heterocycles. The quantitative estimate of drug-likeness (QED) is 0.334. The Hall–Kier alpha value is -0.780. The summed E-state index contributed by atoms with van der Waals surface area (Å²) < 4.78 is 0. The first kappa shape index (κ1) is 42.7. The van der Waals surface area contributed by atoms with Gasteiger partial charge in [0.05, 0.1) is 0 Å². The van der Waals surface area contributed by atoms with Gasteiger partial charge in [-0.2, -0.15) is 0 Å². The Kier molecular flexibility index (Phi) is 424. The van der Waals surface area contributed by atoms with Gasteiger partial charge in [-0.05, 0) is 20.8 Å². The van der Waals surface area contributed by atoms with Crippen LogP contribution in [0.1, 0.15) is 96.4 Å². The minimum Gasteiger partial charge on any atom is -0.0991 e. The van der Waals surface area contributed by atoms with Gasteiger partial charge < -0.3 is 0 Å². The minimum absolute atomic E-state index is 1.25. The van der Waals surface area contributed by atoms with E-state index in [0.717, 1.165) is 0 Å². The van der Waals surface area contributed by atoms with Crippen LogP contribution in [0.25, 0.3) is 0 Å². The van der Waals surface area contributed by atoms with Gasteiger partial charge in [-0.15, -0.1) is 0 Å². The average molecular weight is 289 g/mol. The van der Waals surface area contributed by atoms with E-state index in [1.54, 1.807) is 6.08 Å². The van der Waals surface area contributed by atoms with Gasteiger partial charge in [0.2, 0.25) is 0 Å². The van der Waals surface area contributed by atoms with E-state index in [1.807, 2.05) is 100 Å². The molecule has 0 aromatic rings. The second-order valence-corrected chi connectivity index (χ2v) is 2.14. The lowest BCUT2D eigenvalue weighted by molar-refractivity contribution is 1.09. The molecule has 0 aromatic heterocycles. The Labute approximate surface area is 134 Å². The van der Waals surface area contributed by atoms with Crippen LogP contribution in [0.5, 0.6) is 0 Å². The molecule has 0 unspecified atom stereocenters. The molecule has 0 amide bonds. The molecule has 0 rings (SSSR count). The van der Waals surface area contributed by atoms with Gasteiger partial charge in [-0.3, -0.25) is 0 Å². The smallest absolute Gasteiger partial charge is 0.0467 e. The van der Waals surface area contributed by atoms with Crippen LogP contribution in [0.2, 0.25) is 0 Å². The summed E-state index contributed by atoms with van der Waals surface area (Å²) in [4.78, 5) is 0. The Bertz CT molecular complexity index is 92.6. The van der Waals surface area contributed by atoms with Crippen molar-refractivity contribution in [2.24, 2.45) is 0 Å². The van der Waals surface area contributed by atoms with Crippen molar-refractivity contribution in [3.05, 3.63) is 37.0 Å². The molecule has 0 aromatic carbocycles. The van der Waals surface area contributed by atoms with Crippen LogP contribution in [-0.4, -0.2) is 0 Å². The highest BCUT2D eigenvalue weighted by Gasteiger charge is 1.42. The molecule has 0 aliphatic heterocycles. The first-order chi connectivity index (χ1) is 9.74. The zero-order valence-corrected chi connectivity index (χ0v) is 17.3. The van der Waals surface area contributed by atoms with E-state index in [-0.39, 0.29) is 0 Å². The topological polar surface area (TPSA) is 0 Å². The number of allylic oxidation sites excluding steroid dienone is 5. The van der Waals surface area contributed by atoms with Crippen molar-refractivity contribution in [2.75, 3.05) is 0 Å². The third kappa shape index (κ3) is 919. The summed E-state index contributed by atoms with van der Waals surface area (Å²) in [6, 6.07) is 0. The lowest BCUT2D eigenvalue weighted by Crippen LogP contribution is -1.33. The van der Waals surface area contributed by atoms with Crippen LogP contribution in [0.3, 0.4) is 0 Å². The average Bonchev–Trinajstić information content (AvgIpc) is 2.57. The van der Waals surface area contributed by atoms with Gasteiger partial charge in [-0.25, -0.2) is 0 Å². The van der Waals surface area contributed by atoms with Crippen LogP contribution >= 0.6 is 0 Å². The second kappa shape index (κ2) is 198. The largest absolute Gasteiger partial charge is 0.0991 e. The second-order valence-electron chi connectivity index (χ2n) is 2.14. The summed E-state index contributed by atoms with van der Waals surface area (Å²) in [6.07, 6.45) is 10.8. The van der Waals surface area contributed by atoms with Crippen molar-refractivity contribution in [1.29, 1.82) is 0 Å². The first-order valence-electron chi connectivity index (χ1n) is 8.55. The van der Waals surface area contributed by atoms with Crippen molar-refractivity contribution in [2.45, 2.75) is 96.4 Å². The summed E-state index contributed by atoms with van der Waals surface area (Å²) in [5.41, 5.74) is 0. The number of hydrogen-bond acceptors (Lipinski definition) is 0. The zero-order valence-electron chi connectivity index (χ0n) is 17.3. The normalized spacial score (nSPS) is 6.25. The van der Waals surface area contributed by atoms with Gasteiger partial charge in [0.15, 0.2) is 0 Å². The van der Waals surface area contributed by atoms with Gasteiger partial charge in [-0.1, -0.05) is 113 Å². The molecule has 0 aliphatic carbocycles. The molecule has 0 heteroatoms. The standard InChI is InChI=1S/C5H8.C4H8.C3H8.4C2H6/c1-3-5-4-2;1-3-4-2;1-3-2;4*1-2/h3-5H,1H2,2H3;3-4H,1-2H3;3H2,1-2H3;4*1-2H3/b5-4-;4-3-;;;;;. The van der Waals surface area contributed by atoms with Crippen LogP contribution in [0.15, 0.2) is 37.0 Å². The molecule has 0 saturated carbocycles. The monoisotopic (exact) mass is 288 g/mol. The third-order valence-electron chi connectivity index (χ3n) is 0.662. The molecule has 0 aliphatic rings. The Balaban J connectivity index is -0.0000000206. The predicted octanol–water partition coefficient (Wildman–Crippen LogP) is 8.85. The molecule has 0 radical (unpaired) electrons. The maximum absolute atomic E-state index is 3.46. The molecule has 0 fully saturated rings. The lowest BCUT2D eigenvalue weighted by atomic mass is 10.5. The fourth-order valence-electron chi connectivity index (χ4n) is 0.136. The van der Waals surface area contributed by atoms with E-state index in [0.29, 0.717) is 0 Å². The van der Waals surface area contributed by atoms with Gasteiger partial charge in [0, 0.05) is 0 Å². The fraction of sp³-hybridized carbons (Fsp3) is 0.700. The SMILES string of the molecule is C/C=C\C.C=C/C=C\C.CC.CC.CC.CC.CCC. The highest BCUT2D eigenvalue weighted by molar-refractivity contribution is 4.94. The van der Waals surface area contributed by atoms with Crippen molar-refractivity contribution in [1.82, 2.24) is 0 Å². The van der Waals surface area contributed by atoms with E-state index in [4.69, 9.17) is 0 Å². The van der Waals surface area contributed by atoms with Crippen molar-refractivity contribution < 1.29 is 0 Å². The maximum Gasteiger partial charge on any atom is -0.0467 e. The van der Waals surface area contributed by atoms with E-state index < -0.39 is 0 Å². The van der Waals surface area contributed by atoms with E-state index in [1.165, 1.54) is 6.42 Å². The highest BCUT2D eigenvalue weighted by Crippen LogP contribution is 1.64. The lowest BCUT2D eigenvalue weighted by Gasteiger charge is -1.56. The summed E-state index contributed by atoms with van der Waals surface area (Å²) >= 11 is 0. The molecule has 0 nitrogen and oxygen atoms in total. The fourth-order valence-corrected chi connectivity index (χ4v) is 0.136. The van der Waals surface area contributed by atoms with Crippen molar-refractivity contribution >= 4 is 0 Å². The Morgan fingerprint density at radius 2 is 0.800 bits per heavy atom. The molecule has 128 valence electrons. The summed E-state index contributed by atoms with van der Waals surface area (Å²) in [5.74, 6) is 0. The van der Waals surface area contributed by atoms with Gasteiger partial charge in [0.25, 0.3) is 0 Å². The molecule has 0 N–H and O–H groups in total. The van der Waals surface area contributed by atoms with Crippen LogP contribution in [0, 0.1) is 0 Å². The number of hydrogen-bond donors (Lipinski definition) is 0. The molecule has 20 heavy (non-hydrogen) atoms. The van der Waals surface area contributed by atoms with E-state index >= 15 is 0 Å². The van der Waals surface area contributed by atoms with Crippen molar-refractivity contribution in [3.63, 3.8) is 0 Å². The maximum atomic E-state index is 3.46. The number of rotatable bonds is 1. The van der Waals surface area contributed by atoms with Crippen LogP contribution in [0.4, 0.5) is 0 Å². The molecule has 0 spiro atoms. The summed E-state index contributed by atoms with van der Waals surface area (Å²) in [5, 5.41) is 0. The molecule has 0 saturated heterocycles. The summed E-state index contributed by atoms with van der Waals surface area (Å²) in [7, 11) is 0. The van der Waals surface area contributed by atoms with Crippen LogP contribution < -0.4 is 0 Å². The summed E-state index contributed by atoms with van der Waals surface area (Å²) in [6.45, 7) is 29.7. The Morgan fingerprint density at radius 3 is 0.800 bits per heavy atom. The molecular formula is C20H48.